The zero-order valence-corrected chi connectivity index (χ0v) is 19.3. The standard InChI is InChI=1S/C27H39NO4/c29-26(28-18-22-8-4-5-9-23(22)19-28)17-24(27(30)31)16-21-10-12-25(13-11-21)32-15-14-20-6-2-1-3-7-20/h10-13,20,22-24H,1-9,14-19H2,(H,30,31)/t22-,23+,24?. The summed E-state index contributed by atoms with van der Waals surface area (Å²) in [5.41, 5.74) is 0.944. The van der Waals surface area contributed by atoms with Crippen LogP contribution in [0.4, 0.5) is 0 Å². The Kier molecular flexibility index (Phi) is 8.10. The summed E-state index contributed by atoms with van der Waals surface area (Å²) in [5.74, 6) is 1.34. The van der Waals surface area contributed by atoms with Crippen molar-refractivity contribution in [2.45, 2.75) is 77.0 Å². The van der Waals surface area contributed by atoms with Gasteiger partial charge in [0, 0.05) is 19.5 Å². The van der Waals surface area contributed by atoms with Crippen molar-refractivity contribution in [2.75, 3.05) is 19.7 Å². The molecule has 0 radical (unpaired) electrons. The van der Waals surface area contributed by atoms with Crippen molar-refractivity contribution >= 4 is 11.9 Å². The minimum Gasteiger partial charge on any atom is -0.494 e. The van der Waals surface area contributed by atoms with Crippen LogP contribution in [0.5, 0.6) is 5.75 Å². The quantitative estimate of drug-likeness (QED) is 0.563. The fraction of sp³-hybridized carbons (Fsp3) is 0.704. The van der Waals surface area contributed by atoms with Gasteiger partial charge in [-0.3, -0.25) is 9.59 Å². The van der Waals surface area contributed by atoms with Gasteiger partial charge in [-0.25, -0.2) is 0 Å². The summed E-state index contributed by atoms with van der Waals surface area (Å²) >= 11 is 0. The number of carbonyl (C=O) groups is 2. The van der Waals surface area contributed by atoms with Crippen LogP contribution < -0.4 is 4.74 Å². The molecule has 3 atom stereocenters. The van der Waals surface area contributed by atoms with Crippen LogP contribution in [-0.4, -0.2) is 41.6 Å². The maximum atomic E-state index is 12.8. The molecule has 0 aromatic heterocycles. The van der Waals surface area contributed by atoms with Crippen molar-refractivity contribution in [1.29, 1.82) is 0 Å². The van der Waals surface area contributed by atoms with Gasteiger partial charge in [0.15, 0.2) is 0 Å². The Bertz CT molecular complexity index is 741. The highest BCUT2D eigenvalue weighted by atomic mass is 16.5. The number of carboxylic acids is 1. The van der Waals surface area contributed by atoms with Gasteiger partial charge in [0.05, 0.1) is 12.5 Å². The Balaban J connectivity index is 1.24. The largest absolute Gasteiger partial charge is 0.494 e. The van der Waals surface area contributed by atoms with Gasteiger partial charge in [-0.2, -0.15) is 0 Å². The van der Waals surface area contributed by atoms with Crippen molar-refractivity contribution in [3.63, 3.8) is 0 Å². The Morgan fingerprint density at radius 3 is 2.19 bits per heavy atom. The van der Waals surface area contributed by atoms with E-state index in [0.717, 1.165) is 43.3 Å². The van der Waals surface area contributed by atoms with Crippen LogP contribution in [0.25, 0.3) is 0 Å². The minimum absolute atomic E-state index is 0.00876. The number of hydrogen-bond donors (Lipinski definition) is 1. The number of fused-ring (bicyclic) bond motifs is 1. The van der Waals surface area contributed by atoms with Gasteiger partial charge in [0.1, 0.15) is 5.75 Å². The predicted octanol–water partition coefficient (Wildman–Crippen LogP) is 5.32. The number of likely N-dealkylation sites (tertiary alicyclic amines) is 1. The van der Waals surface area contributed by atoms with Crippen molar-refractivity contribution in [1.82, 2.24) is 4.90 Å². The molecular formula is C27H39NO4. The maximum absolute atomic E-state index is 12.8. The molecule has 3 fully saturated rings. The van der Waals surface area contributed by atoms with Gasteiger partial charge in [-0.1, -0.05) is 57.1 Å². The number of rotatable bonds is 9. The molecule has 1 unspecified atom stereocenters. The van der Waals surface area contributed by atoms with E-state index < -0.39 is 11.9 Å². The molecule has 4 rings (SSSR count). The molecule has 0 spiro atoms. The molecule has 0 bridgehead atoms. The molecule has 32 heavy (non-hydrogen) atoms. The second kappa shape index (κ2) is 11.2. The maximum Gasteiger partial charge on any atom is 0.307 e. The monoisotopic (exact) mass is 441 g/mol. The second-order valence-corrected chi connectivity index (χ2v) is 10.3. The van der Waals surface area contributed by atoms with E-state index in [2.05, 4.69) is 0 Å². The highest BCUT2D eigenvalue weighted by molar-refractivity contribution is 5.82. The lowest BCUT2D eigenvalue weighted by Crippen LogP contribution is -2.33. The third kappa shape index (κ3) is 6.26. The Labute approximate surface area is 192 Å². The lowest BCUT2D eigenvalue weighted by Gasteiger charge is -2.22. The molecule has 2 saturated carbocycles. The summed E-state index contributed by atoms with van der Waals surface area (Å²) in [6, 6.07) is 7.76. The predicted molar refractivity (Wildman–Crippen MR) is 125 cm³/mol. The molecule has 3 aliphatic rings. The molecule has 1 amide bonds. The van der Waals surface area contributed by atoms with Gasteiger partial charge in [0.25, 0.3) is 0 Å². The molecule has 176 valence electrons. The van der Waals surface area contributed by atoms with Gasteiger partial charge < -0.3 is 14.7 Å². The molecule has 1 saturated heterocycles. The van der Waals surface area contributed by atoms with Gasteiger partial charge in [0.2, 0.25) is 5.91 Å². The Morgan fingerprint density at radius 1 is 0.938 bits per heavy atom. The SMILES string of the molecule is O=C(O)C(CC(=O)N1C[C@H]2CCCC[C@H]2C1)Cc1ccc(OCCC2CCCCC2)cc1. The van der Waals surface area contributed by atoms with E-state index in [1.807, 2.05) is 29.2 Å². The summed E-state index contributed by atoms with van der Waals surface area (Å²) < 4.78 is 5.92. The number of carbonyl (C=O) groups excluding carboxylic acids is 1. The second-order valence-electron chi connectivity index (χ2n) is 10.3. The lowest BCUT2D eigenvalue weighted by atomic mass is 9.82. The first-order valence-electron chi connectivity index (χ1n) is 12.8. The number of nitrogens with zero attached hydrogens (tertiary/aromatic N) is 1. The Hall–Kier alpha value is -2.04. The van der Waals surface area contributed by atoms with Crippen molar-refractivity contribution in [3.05, 3.63) is 29.8 Å². The van der Waals surface area contributed by atoms with Crippen molar-refractivity contribution < 1.29 is 19.4 Å². The first-order chi connectivity index (χ1) is 15.6. The van der Waals surface area contributed by atoms with Crippen molar-refractivity contribution in [2.24, 2.45) is 23.7 Å². The van der Waals surface area contributed by atoms with E-state index in [-0.39, 0.29) is 12.3 Å². The van der Waals surface area contributed by atoms with Crippen LogP contribution in [0.1, 0.15) is 76.2 Å². The van der Waals surface area contributed by atoms with Gasteiger partial charge in [-0.05, 0) is 61.1 Å². The minimum atomic E-state index is -0.886. The molecule has 1 N–H and O–H groups in total. The first kappa shape index (κ1) is 23.1. The van der Waals surface area contributed by atoms with Crippen LogP contribution >= 0.6 is 0 Å². The Morgan fingerprint density at radius 2 is 1.56 bits per heavy atom. The number of ether oxygens (including phenoxy) is 1. The molecule has 2 aliphatic carbocycles. The van der Waals surface area contributed by atoms with E-state index in [0.29, 0.717) is 18.3 Å². The van der Waals surface area contributed by atoms with E-state index in [1.165, 1.54) is 57.8 Å². The van der Waals surface area contributed by atoms with E-state index in [1.54, 1.807) is 0 Å². The molecule has 1 aromatic carbocycles. The summed E-state index contributed by atoms with van der Waals surface area (Å²) in [7, 11) is 0. The van der Waals surface area contributed by atoms with Gasteiger partial charge in [-0.15, -0.1) is 0 Å². The van der Waals surface area contributed by atoms with Crippen LogP contribution in [0, 0.1) is 23.7 Å². The van der Waals surface area contributed by atoms with Crippen LogP contribution in [0.15, 0.2) is 24.3 Å². The third-order valence-corrected chi connectivity index (χ3v) is 8.02. The number of amides is 1. The van der Waals surface area contributed by atoms with Gasteiger partial charge >= 0.3 is 5.97 Å². The topological polar surface area (TPSA) is 66.8 Å². The van der Waals surface area contributed by atoms with E-state index >= 15 is 0 Å². The van der Waals surface area contributed by atoms with E-state index in [4.69, 9.17) is 4.74 Å². The number of benzene rings is 1. The molecule has 1 aliphatic heterocycles. The normalized spacial score (nSPS) is 24.7. The van der Waals surface area contributed by atoms with Crippen LogP contribution in [0.3, 0.4) is 0 Å². The molecule has 1 heterocycles. The molecular weight excluding hydrogens is 402 g/mol. The highest BCUT2D eigenvalue weighted by Gasteiger charge is 2.37. The summed E-state index contributed by atoms with van der Waals surface area (Å²) in [5, 5.41) is 9.73. The highest BCUT2D eigenvalue weighted by Crippen LogP contribution is 2.36. The zero-order chi connectivity index (χ0) is 22.3. The number of carboxylic acid groups (broad SMARTS) is 1. The fourth-order valence-corrected chi connectivity index (χ4v) is 6.02. The third-order valence-electron chi connectivity index (χ3n) is 8.02. The smallest absolute Gasteiger partial charge is 0.307 e. The first-order valence-corrected chi connectivity index (χ1v) is 12.8. The average Bonchev–Trinajstić information content (AvgIpc) is 3.25. The number of hydrogen-bond acceptors (Lipinski definition) is 3. The molecule has 5 nitrogen and oxygen atoms in total. The lowest BCUT2D eigenvalue weighted by molar-refractivity contribution is -0.145. The summed E-state index contributed by atoms with van der Waals surface area (Å²) in [6.45, 7) is 2.39. The summed E-state index contributed by atoms with van der Waals surface area (Å²) in [4.78, 5) is 26.6. The number of aliphatic carboxylic acids is 1. The average molecular weight is 442 g/mol. The van der Waals surface area contributed by atoms with Crippen LogP contribution in [0.2, 0.25) is 0 Å². The van der Waals surface area contributed by atoms with Crippen LogP contribution in [-0.2, 0) is 16.0 Å². The summed E-state index contributed by atoms with van der Waals surface area (Å²) in [6.07, 6.45) is 13.3. The van der Waals surface area contributed by atoms with Crippen molar-refractivity contribution in [3.8, 4) is 5.75 Å². The zero-order valence-electron chi connectivity index (χ0n) is 19.3. The molecule has 1 aromatic rings. The molecule has 5 heteroatoms. The van der Waals surface area contributed by atoms with E-state index in [9.17, 15) is 14.7 Å². The fourth-order valence-electron chi connectivity index (χ4n) is 6.02.